The van der Waals surface area contributed by atoms with Crippen LogP contribution in [0.15, 0.2) is 40.1 Å². The molecule has 1 aromatic carbocycles. The summed E-state index contributed by atoms with van der Waals surface area (Å²) < 4.78 is 19.5. The van der Waals surface area contributed by atoms with Gasteiger partial charge in [0.25, 0.3) is 0 Å². The molecule has 0 radical (unpaired) electrons. The zero-order valence-electron chi connectivity index (χ0n) is 16.9. The van der Waals surface area contributed by atoms with Crippen LogP contribution in [0, 0.1) is 6.92 Å². The molecule has 1 rings (SSSR count). The molecular formula is C21H36O2SSi. The Hall–Kier alpha value is -0.713. The Kier molecular flexibility index (Phi) is 9.91. The minimum absolute atomic E-state index is 0.112. The first kappa shape index (κ1) is 22.3. The molecule has 0 aromatic heterocycles. The molecule has 0 aliphatic heterocycles. The Balaban J connectivity index is 2.99. The molecule has 0 spiro atoms. The third kappa shape index (κ3) is 6.84. The maximum Gasteiger partial charge on any atom is 0.192 e. The first-order valence-electron chi connectivity index (χ1n) is 9.74. The molecule has 0 saturated heterocycles. The van der Waals surface area contributed by atoms with Crippen LogP contribution < -0.4 is 0 Å². The Morgan fingerprint density at radius 3 is 2.16 bits per heavy atom. The van der Waals surface area contributed by atoms with Gasteiger partial charge in [-0.2, -0.15) is 0 Å². The van der Waals surface area contributed by atoms with Gasteiger partial charge in [0.2, 0.25) is 0 Å². The number of unbranched alkanes of at least 4 members (excludes halogenated alkanes) is 1. The van der Waals surface area contributed by atoms with E-state index in [2.05, 4.69) is 34.6 Å². The number of benzene rings is 1. The summed E-state index contributed by atoms with van der Waals surface area (Å²) in [5.74, 6) is 0. The predicted molar refractivity (Wildman–Crippen MR) is 113 cm³/mol. The summed E-state index contributed by atoms with van der Waals surface area (Å²) in [6, 6.07) is 11.4. The predicted octanol–water partition coefficient (Wildman–Crippen LogP) is 6.59. The first-order chi connectivity index (χ1) is 11.9. The summed E-state index contributed by atoms with van der Waals surface area (Å²) in [7, 11) is -2.78. The van der Waals surface area contributed by atoms with Crippen molar-refractivity contribution in [1.29, 1.82) is 0 Å². The summed E-state index contributed by atoms with van der Waals surface area (Å²) in [5, 5.41) is 1.91. The van der Waals surface area contributed by atoms with Crippen LogP contribution in [-0.2, 0) is 15.2 Å². The SMILES string of the molecule is CCCC[C@H](O[Si](CC)(CC)CC)/C(C)=C\[S@@](=O)c1ccc(C)cc1. The van der Waals surface area contributed by atoms with E-state index >= 15 is 0 Å². The minimum Gasteiger partial charge on any atom is -0.410 e. The first-order valence-corrected chi connectivity index (χ1v) is 13.5. The average Bonchev–Trinajstić information content (AvgIpc) is 2.63. The van der Waals surface area contributed by atoms with Gasteiger partial charge >= 0.3 is 0 Å². The van der Waals surface area contributed by atoms with E-state index < -0.39 is 19.1 Å². The van der Waals surface area contributed by atoms with Gasteiger partial charge in [-0.3, -0.25) is 0 Å². The van der Waals surface area contributed by atoms with E-state index in [-0.39, 0.29) is 6.10 Å². The van der Waals surface area contributed by atoms with Crippen molar-refractivity contribution in [2.24, 2.45) is 0 Å². The van der Waals surface area contributed by atoms with Gasteiger partial charge in [-0.25, -0.2) is 4.21 Å². The maximum absolute atomic E-state index is 12.7. The molecule has 0 saturated carbocycles. The van der Waals surface area contributed by atoms with Crippen LogP contribution in [0.4, 0.5) is 0 Å². The molecule has 0 N–H and O–H groups in total. The lowest BCUT2D eigenvalue weighted by molar-refractivity contribution is 0.207. The highest BCUT2D eigenvalue weighted by Gasteiger charge is 2.32. The van der Waals surface area contributed by atoms with Crippen LogP contribution in [0.3, 0.4) is 0 Å². The third-order valence-corrected chi connectivity index (χ3v) is 11.2. The molecule has 2 atom stereocenters. The Bertz CT molecular complexity index is 553. The van der Waals surface area contributed by atoms with Crippen LogP contribution in [0.1, 0.15) is 59.4 Å². The molecule has 2 nitrogen and oxygen atoms in total. The second kappa shape index (κ2) is 11.1. The summed E-state index contributed by atoms with van der Waals surface area (Å²) in [6.07, 6.45) is 3.45. The fourth-order valence-corrected chi connectivity index (χ4v) is 6.99. The van der Waals surface area contributed by atoms with E-state index in [4.69, 9.17) is 4.43 Å². The lowest BCUT2D eigenvalue weighted by atomic mass is 10.1. The number of hydrogen-bond donors (Lipinski definition) is 0. The highest BCUT2D eigenvalue weighted by Crippen LogP contribution is 2.28. The lowest BCUT2D eigenvalue weighted by Crippen LogP contribution is -2.40. The van der Waals surface area contributed by atoms with Gasteiger partial charge in [-0.05, 0) is 56.1 Å². The van der Waals surface area contributed by atoms with Gasteiger partial charge in [-0.15, -0.1) is 0 Å². The Morgan fingerprint density at radius 2 is 1.68 bits per heavy atom. The van der Waals surface area contributed by atoms with Crippen molar-refractivity contribution in [2.45, 2.75) is 89.9 Å². The summed E-state index contributed by atoms with van der Waals surface area (Å²) >= 11 is 0. The van der Waals surface area contributed by atoms with Crippen LogP contribution in [-0.4, -0.2) is 18.6 Å². The monoisotopic (exact) mass is 380 g/mol. The van der Waals surface area contributed by atoms with Crippen molar-refractivity contribution in [3.05, 3.63) is 40.8 Å². The van der Waals surface area contributed by atoms with Crippen LogP contribution in [0.2, 0.25) is 18.1 Å². The second-order valence-electron chi connectivity index (χ2n) is 6.96. The molecule has 0 heterocycles. The number of aryl methyl sites for hydroxylation is 1. The molecule has 142 valence electrons. The molecule has 25 heavy (non-hydrogen) atoms. The van der Waals surface area contributed by atoms with Crippen molar-refractivity contribution < 1.29 is 8.63 Å². The van der Waals surface area contributed by atoms with Gasteiger partial charge in [0.1, 0.15) is 0 Å². The highest BCUT2D eigenvalue weighted by atomic mass is 32.2. The molecule has 0 bridgehead atoms. The molecule has 0 aliphatic rings. The average molecular weight is 381 g/mol. The van der Waals surface area contributed by atoms with E-state index in [0.29, 0.717) is 0 Å². The molecule has 1 aromatic rings. The van der Waals surface area contributed by atoms with Crippen molar-refractivity contribution >= 4 is 19.1 Å². The fourth-order valence-electron chi connectivity index (χ4n) is 3.06. The minimum atomic E-state index is -1.67. The van der Waals surface area contributed by atoms with E-state index in [1.54, 1.807) is 0 Å². The quantitative estimate of drug-likeness (QED) is 0.405. The molecule has 0 amide bonds. The molecule has 0 aliphatic carbocycles. The van der Waals surface area contributed by atoms with Crippen molar-refractivity contribution in [3.8, 4) is 0 Å². The zero-order chi connectivity index (χ0) is 18.9. The lowest BCUT2D eigenvalue weighted by Gasteiger charge is -2.34. The molecule has 0 unspecified atom stereocenters. The van der Waals surface area contributed by atoms with Gasteiger partial charge in [-0.1, -0.05) is 58.2 Å². The van der Waals surface area contributed by atoms with E-state index in [9.17, 15) is 4.21 Å². The second-order valence-corrected chi connectivity index (χ2v) is 13.0. The van der Waals surface area contributed by atoms with Crippen molar-refractivity contribution in [2.75, 3.05) is 0 Å². The van der Waals surface area contributed by atoms with Gasteiger partial charge in [0.05, 0.1) is 16.9 Å². The molecular weight excluding hydrogens is 344 g/mol. The smallest absolute Gasteiger partial charge is 0.192 e. The zero-order valence-corrected chi connectivity index (χ0v) is 18.7. The normalized spacial score (nSPS) is 15.2. The number of rotatable bonds is 11. The largest absolute Gasteiger partial charge is 0.410 e. The Labute approximate surface area is 158 Å². The molecule has 4 heteroatoms. The Morgan fingerprint density at radius 1 is 1.12 bits per heavy atom. The van der Waals surface area contributed by atoms with Crippen molar-refractivity contribution in [3.63, 3.8) is 0 Å². The topological polar surface area (TPSA) is 26.3 Å². The summed E-state index contributed by atoms with van der Waals surface area (Å²) in [5.41, 5.74) is 2.31. The maximum atomic E-state index is 12.7. The van der Waals surface area contributed by atoms with E-state index in [1.807, 2.05) is 36.6 Å². The van der Waals surface area contributed by atoms with Gasteiger partial charge < -0.3 is 4.43 Å². The summed E-state index contributed by atoms with van der Waals surface area (Å²) in [6.45, 7) is 13.1. The van der Waals surface area contributed by atoms with Gasteiger partial charge in [0.15, 0.2) is 8.32 Å². The van der Waals surface area contributed by atoms with Crippen LogP contribution in [0.5, 0.6) is 0 Å². The molecule has 0 fully saturated rings. The van der Waals surface area contributed by atoms with Gasteiger partial charge in [0, 0.05) is 10.3 Å². The summed E-state index contributed by atoms with van der Waals surface area (Å²) in [4.78, 5) is 0.865. The number of hydrogen-bond acceptors (Lipinski definition) is 2. The van der Waals surface area contributed by atoms with Crippen LogP contribution >= 0.6 is 0 Å². The highest BCUT2D eigenvalue weighted by molar-refractivity contribution is 7.88. The fraction of sp³-hybridized carbons (Fsp3) is 0.619. The van der Waals surface area contributed by atoms with Crippen molar-refractivity contribution in [1.82, 2.24) is 0 Å². The third-order valence-electron chi connectivity index (χ3n) is 5.20. The van der Waals surface area contributed by atoms with E-state index in [0.717, 1.165) is 47.9 Å². The van der Waals surface area contributed by atoms with E-state index in [1.165, 1.54) is 5.56 Å². The standard InChI is InChI=1S/C21H36O2SSi/c1-7-11-12-21(23-25(8-2,9-3)10-4)19(6)17-24(22)20-15-13-18(5)14-16-20/h13-17,21H,7-12H2,1-6H3/b19-17-/t21-,24+/m0/s1. The van der Waals surface area contributed by atoms with Crippen LogP contribution in [0.25, 0.3) is 0 Å².